The number of nitro groups is 1. The number of nitrogens with one attached hydrogen (secondary N) is 1. The summed E-state index contributed by atoms with van der Waals surface area (Å²) in [6, 6.07) is 10.9. The summed E-state index contributed by atoms with van der Waals surface area (Å²) >= 11 is 11.8. The second kappa shape index (κ2) is 9.88. The summed E-state index contributed by atoms with van der Waals surface area (Å²) in [6.45, 7) is 2.27. The van der Waals surface area contributed by atoms with Gasteiger partial charge in [-0.2, -0.15) is 0 Å². The molecule has 2 amide bonds. The highest BCUT2D eigenvalue weighted by atomic mass is 35.5. The highest BCUT2D eigenvalue weighted by Crippen LogP contribution is 2.27. The number of nitrogens with zero attached hydrogens (tertiary/aromatic N) is 3. The van der Waals surface area contributed by atoms with Gasteiger partial charge in [0, 0.05) is 47.9 Å². The largest absolute Gasteiger partial charge is 0.337 e. The molecule has 3 rings (SSSR count). The van der Waals surface area contributed by atoms with Crippen molar-refractivity contribution in [1.29, 1.82) is 0 Å². The number of hydrogen-bond acceptors (Lipinski definition) is 5. The summed E-state index contributed by atoms with van der Waals surface area (Å²) in [5.74, 6) is -0.462. The van der Waals surface area contributed by atoms with Crippen molar-refractivity contribution in [2.75, 3.05) is 38.0 Å². The Morgan fingerprint density at radius 2 is 1.80 bits per heavy atom. The Labute approximate surface area is 183 Å². The third-order valence-corrected chi connectivity index (χ3v) is 5.22. The van der Waals surface area contributed by atoms with Gasteiger partial charge in [0.1, 0.15) is 5.69 Å². The zero-order valence-electron chi connectivity index (χ0n) is 16.0. The Hall–Kier alpha value is -2.68. The van der Waals surface area contributed by atoms with Crippen molar-refractivity contribution in [2.24, 2.45) is 0 Å². The highest BCUT2D eigenvalue weighted by Gasteiger charge is 2.23. The van der Waals surface area contributed by atoms with Crippen LogP contribution in [0.25, 0.3) is 0 Å². The maximum absolute atomic E-state index is 12.7. The van der Waals surface area contributed by atoms with E-state index in [1.54, 1.807) is 29.2 Å². The third kappa shape index (κ3) is 5.69. The van der Waals surface area contributed by atoms with Gasteiger partial charge in [-0.3, -0.25) is 24.6 Å². The van der Waals surface area contributed by atoms with Crippen LogP contribution in [0, 0.1) is 10.1 Å². The number of halogens is 2. The molecule has 0 aliphatic carbocycles. The van der Waals surface area contributed by atoms with Gasteiger partial charge in [0.15, 0.2) is 0 Å². The van der Waals surface area contributed by atoms with Crippen LogP contribution in [0.15, 0.2) is 42.5 Å². The fraction of sp³-hybridized carbons (Fsp3) is 0.300. The molecule has 30 heavy (non-hydrogen) atoms. The third-order valence-electron chi connectivity index (χ3n) is 4.75. The Kier molecular flexibility index (Phi) is 7.25. The molecule has 0 aromatic heterocycles. The molecule has 1 fully saturated rings. The fourth-order valence-electron chi connectivity index (χ4n) is 3.29. The average molecular weight is 451 g/mol. The predicted octanol–water partition coefficient (Wildman–Crippen LogP) is 3.69. The highest BCUT2D eigenvalue weighted by molar-refractivity contribution is 6.31. The number of carbonyl (C=O) groups excluding carboxylic acids is 2. The van der Waals surface area contributed by atoms with Gasteiger partial charge in [-0.1, -0.05) is 29.3 Å². The van der Waals surface area contributed by atoms with E-state index in [9.17, 15) is 19.7 Å². The quantitative estimate of drug-likeness (QED) is 0.553. The second-order valence-corrected chi connectivity index (χ2v) is 7.77. The lowest BCUT2D eigenvalue weighted by atomic mass is 10.2. The van der Waals surface area contributed by atoms with Crippen molar-refractivity contribution >= 4 is 46.4 Å². The molecular formula is C20H20Cl2N4O4. The second-order valence-electron chi connectivity index (χ2n) is 6.90. The fourth-order valence-corrected chi connectivity index (χ4v) is 3.65. The number of rotatable bonds is 5. The summed E-state index contributed by atoms with van der Waals surface area (Å²) < 4.78 is 0. The minimum absolute atomic E-state index is 0.0684. The maximum Gasteiger partial charge on any atom is 0.294 e. The molecule has 2 aromatic rings. The van der Waals surface area contributed by atoms with Crippen molar-refractivity contribution in [3.63, 3.8) is 0 Å². The topological polar surface area (TPSA) is 95.8 Å². The van der Waals surface area contributed by atoms with E-state index in [0.717, 1.165) is 0 Å². The van der Waals surface area contributed by atoms with Crippen LogP contribution in [0.2, 0.25) is 10.0 Å². The summed E-state index contributed by atoms with van der Waals surface area (Å²) in [7, 11) is 0. The molecule has 0 radical (unpaired) electrons. The number of nitro benzene ring substituents is 1. The van der Waals surface area contributed by atoms with Gasteiger partial charge in [0.05, 0.1) is 11.5 Å². The molecule has 10 heteroatoms. The molecule has 0 unspecified atom stereocenters. The molecule has 1 saturated heterocycles. The van der Waals surface area contributed by atoms with E-state index in [1.807, 2.05) is 4.90 Å². The monoisotopic (exact) mass is 450 g/mol. The number of anilines is 1. The van der Waals surface area contributed by atoms with Crippen LogP contribution in [-0.4, -0.2) is 59.3 Å². The van der Waals surface area contributed by atoms with Crippen LogP contribution in [-0.2, 0) is 4.79 Å². The van der Waals surface area contributed by atoms with E-state index in [1.165, 1.54) is 18.2 Å². The van der Waals surface area contributed by atoms with Crippen molar-refractivity contribution < 1.29 is 14.5 Å². The Morgan fingerprint density at radius 3 is 2.53 bits per heavy atom. The van der Waals surface area contributed by atoms with E-state index in [4.69, 9.17) is 23.2 Å². The first-order valence-electron chi connectivity index (χ1n) is 9.34. The maximum atomic E-state index is 12.7. The Bertz CT molecular complexity index is 970. The molecule has 1 heterocycles. The van der Waals surface area contributed by atoms with E-state index in [-0.39, 0.29) is 34.8 Å². The lowest BCUT2D eigenvalue weighted by molar-refractivity contribution is -0.383. The van der Waals surface area contributed by atoms with Crippen molar-refractivity contribution in [3.05, 3.63) is 68.2 Å². The zero-order chi connectivity index (χ0) is 21.7. The smallest absolute Gasteiger partial charge is 0.294 e. The van der Waals surface area contributed by atoms with E-state index in [2.05, 4.69) is 5.32 Å². The number of amides is 2. The van der Waals surface area contributed by atoms with E-state index >= 15 is 0 Å². The Balaban J connectivity index is 1.58. The normalized spacial score (nSPS) is 14.8. The first-order chi connectivity index (χ1) is 14.3. The molecule has 1 aliphatic rings. The lowest BCUT2D eigenvalue weighted by Gasteiger charge is -2.22. The SMILES string of the molecule is O=C(CN1CCCN(C(=O)c2cccc(Cl)c2)CC1)Nc1ccc(Cl)cc1[N+](=O)[O-]. The molecule has 0 atom stereocenters. The van der Waals surface area contributed by atoms with Gasteiger partial charge in [-0.15, -0.1) is 0 Å². The van der Waals surface area contributed by atoms with Crippen molar-refractivity contribution in [3.8, 4) is 0 Å². The molecule has 0 bridgehead atoms. The molecule has 8 nitrogen and oxygen atoms in total. The first kappa shape index (κ1) is 22.0. The standard InChI is InChI=1S/C20H20Cl2N4O4/c21-15-4-1-3-14(11-15)20(28)25-8-2-7-24(9-10-25)13-19(27)23-17-6-5-16(22)12-18(17)26(29)30/h1,3-6,11-12H,2,7-10,13H2,(H,23,27). The minimum atomic E-state index is -0.591. The van der Waals surface area contributed by atoms with Crippen molar-refractivity contribution in [2.45, 2.75) is 6.42 Å². The zero-order valence-corrected chi connectivity index (χ0v) is 17.5. The minimum Gasteiger partial charge on any atom is -0.337 e. The van der Waals surface area contributed by atoms with Crippen LogP contribution in [0.5, 0.6) is 0 Å². The summed E-state index contributed by atoms with van der Waals surface area (Å²) in [5, 5.41) is 14.5. The van der Waals surface area contributed by atoms with Crippen LogP contribution in [0.3, 0.4) is 0 Å². The number of hydrogen-bond donors (Lipinski definition) is 1. The van der Waals surface area contributed by atoms with Gasteiger partial charge < -0.3 is 10.2 Å². The van der Waals surface area contributed by atoms with Gasteiger partial charge in [0.25, 0.3) is 11.6 Å². The molecular weight excluding hydrogens is 431 g/mol. The number of carbonyl (C=O) groups is 2. The molecule has 0 spiro atoms. The van der Waals surface area contributed by atoms with Crippen molar-refractivity contribution in [1.82, 2.24) is 9.80 Å². The first-order valence-corrected chi connectivity index (χ1v) is 10.1. The molecule has 0 saturated carbocycles. The van der Waals surface area contributed by atoms with Gasteiger partial charge in [0.2, 0.25) is 5.91 Å². The van der Waals surface area contributed by atoms with Crippen LogP contribution < -0.4 is 5.32 Å². The average Bonchev–Trinajstić information content (AvgIpc) is 2.94. The van der Waals surface area contributed by atoms with E-state index < -0.39 is 4.92 Å². The molecule has 2 aromatic carbocycles. The lowest BCUT2D eigenvalue weighted by Crippen LogP contribution is -2.38. The predicted molar refractivity (Wildman–Crippen MR) is 115 cm³/mol. The summed E-state index contributed by atoms with van der Waals surface area (Å²) in [6.07, 6.45) is 0.709. The van der Waals surface area contributed by atoms with Gasteiger partial charge in [-0.05, 0) is 36.8 Å². The van der Waals surface area contributed by atoms with Crippen LogP contribution >= 0.6 is 23.2 Å². The summed E-state index contributed by atoms with van der Waals surface area (Å²) in [4.78, 5) is 39.4. The molecule has 1 aliphatic heterocycles. The van der Waals surface area contributed by atoms with Gasteiger partial charge >= 0.3 is 0 Å². The molecule has 1 N–H and O–H groups in total. The van der Waals surface area contributed by atoms with Crippen LogP contribution in [0.1, 0.15) is 16.8 Å². The summed E-state index contributed by atoms with van der Waals surface area (Å²) in [5.41, 5.74) is 0.371. The van der Waals surface area contributed by atoms with Gasteiger partial charge in [-0.25, -0.2) is 0 Å². The molecule has 158 valence electrons. The Morgan fingerprint density at radius 1 is 1.03 bits per heavy atom. The van der Waals surface area contributed by atoms with E-state index in [0.29, 0.717) is 43.2 Å². The van der Waals surface area contributed by atoms with Crippen LogP contribution in [0.4, 0.5) is 11.4 Å². The number of benzene rings is 2.